The molecule has 2 heterocycles. The van der Waals surface area contributed by atoms with Crippen LogP contribution in [0.5, 0.6) is 0 Å². The molecule has 0 aliphatic heterocycles. The Hall–Kier alpha value is -1.40. The van der Waals surface area contributed by atoms with Crippen LogP contribution in [-0.2, 0) is 17.1 Å². The fourth-order valence-corrected chi connectivity index (χ4v) is 2.96. The number of carbonyl (C=O) groups is 1. The van der Waals surface area contributed by atoms with Crippen molar-refractivity contribution in [2.24, 2.45) is 0 Å². The van der Waals surface area contributed by atoms with E-state index in [2.05, 4.69) is 15.3 Å². The Kier molecular flexibility index (Phi) is 5.35. The van der Waals surface area contributed by atoms with Crippen molar-refractivity contribution in [2.75, 3.05) is 5.75 Å². The second-order valence-corrected chi connectivity index (χ2v) is 6.24. The first kappa shape index (κ1) is 14.0. The zero-order chi connectivity index (χ0) is 13.5. The van der Waals surface area contributed by atoms with Crippen LogP contribution in [0.4, 0.5) is 0 Å². The summed E-state index contributed by atoms with van der Waals surface area (Å²) >= 11 is 3.18. The van der Waals surface area contributed by atoms with Gasteiger partial charge < -0.3 is 5.32 Å². The quantitative estimate of drug-likeness (QED) is 0.888. The Morgan fingerprint density at radius 1 is 1.42 bits per heavy atom. The average molecular weight is 293 g/mol. The number of aromatic nitrogens is 2. The van der Waals surface area contributed by atoms with Crippen molar-refractivity contribution < 1.29 is 4.79 Å². The van der Waals surface area contributed by atoms with E-state index < -0.39 is 0 Å². The van der Waals surface area contributed by atoms with Crippen molar-refractivity contribution in [2.45, 2.75) is 19.2 Å². The number of carbonyl (C=O) groups excluding carboxylic acids is 1. The van der Waals surface area contributed by atoms with Crippen molar-refractivity contribution in [3.05, 3.63) is 46.2 Å². The number of nitrogens with zero attached hydrogens (tertiary/aromatic N) is 2. The highest BCUT2D eigenvalue weighted by Crippen LogP contribution is 2.11. The van der Waals surface area contributed by atoms with E-state index in [9.17, 15) is 4.79 Å². The van der Waals surface area contributed by atoms with E-state index >= 15 is 0 Å². The van der Waals surface area contributed by atoms with Gasteiger partial charge in [-0.25, -0.2) is 4.98 Å². The maximum atomic E-state index is 11.6. The van der Waals surface area contributed by atoms with Crippen LogP contribution in [0.2, 0.25) is 0 Å². The Labute approximate surface area is 120 Å². The SMILES string of the molecule is Cc1ncc(CNC(=O)CSCc2ccccn2)s1. The summed E-state index contributed by atoms with van der Waals surface area (Å²) in [6.45, 7) is 2.52. The number of thiazole rings is 1. The summed E-state index contributed by atoms with van der Waals surface area (Å²) in [5.74, 6) is 1.26. The summed E-state index contributed by atoms with van der Waals surface area (Å²) in [6.07, 6.45) is 3.57. The van der Waals surface area contributed by atoms with Crippen LogP contribution in [-0.4, -0.2) is 21.6 Å². The smallest absolute Gasteiger partial charge is 0.230 e. The Balaban J connectivity index is 1.65. The zero-order valence-electron chi connectivity index (χ0n) is 10.6. The second kappa shape index (κ2) is 7.25. The maximum Gasteiger partial charge on any atom is 0.230 e. The van der Waals surface area contributed by atoms with Gasteiger partial charge in [0.05, 0.1) is 23.0 Å². The van der Waals surface area contributed by atoms with Gasteiger partial charge in [0.15, 0.2) is 0 Å². The summed E-state index contributed by atoms with van der Waals surface area (Å²) in [5, 5.41) is 3.91. The lowest BCUT2D eigenvalue weighted by Gasteiger charge is -2.03. The van der Waals surface area contributed by atoms with E-state index in [-0.39, 0.29) is 5.91 Å². The topological polar surface area (TPSA) is 54.9 Å². The molecule has 0 spiro atoms. The number of rotatable bonds is 6. The van der Waals surface area contributed by atoms with E-state index in [0.29, 0.717) is 12.3 Å². The van der Waals surface area contributed by atoms with Gasteiger partial charge in [0, 0.05) is 23.0 Å². The third-order valence-corrected chi connectivity index (χ3v) is 4.22. The van der Waals surface area contributed by atoms with E-state index in [1.165, 1.54) is 0 Å². The fourth-order valence-electron chi connectivity index (χ4n) is 1.46. The lowest BCUT2D eigenvalue weighted by Crippen LogP contribution is -2.24. The van der Waals surface area contributed by atoms with Gasteiger partial charge >= 0.3 is 0 Å². The van der Waals surface area contributed by atoms with Crippen LogP contribution in [0, 0.1) is 6.92 Å². The van der Waals surface area contributed by atoms with Crippen LogP contribution in [0.25, 0.3) is 0 Å². The molecule has 100 valence electrons. The van der Waals surface area contributed by atoms with Crippen molar-refractivity contribution >= 4 is 29.0 Å². The van der Waals surface area contributed by atoms with Crippen LogP contribution < -0.4 is 5.32 Å². The van der Waals surface area contributed by atoms with Crippen molar-refractivity contribution in [1.29, 1.82) is 0 Å². The molecular formula is C13H15N3OS2. The number of hydrogen-bond acceptors (Lipinski definition) is 5. The third kappa shape index (κ3) is 5.00. The molecule has 2 aromatic rings. The summed E-state index contributed by atoms with van der Waals surface area (Å²) in [6, 6.07) is 5.80. The summed E-state index contributed by atoms with van der Waals surface area (Å²) in [7, 11) is 0. The highest BCUT2D eigenvalue weighted by Gasteiger charge is 2.04. The molecule has 0 radical (unpaired) electrons. The largest absolute Gasteiger partial charge is 0.350 e. The zero-order valence-corrected chi connectivity index (χ0v) is 12.3. The minimum atomic E-state index is 0.0481. The Bertz CT molecular complexity index is 528. The normalized spacial score (nSPS) is 10.4. The molecule has 0 unspecified atom stereocenters. The maximum absolute atomic E-state index is 11.6. The van der Waals surface area contributed by atoms with Gasteiger partial charge in [0.1, 0.15) is 0 Å². The van der Waals surface area contributed by atoms with Gasteiger partial charge in [0.2, 0.25) is 5.91 Å². The minimum absolute atomic E-state index is 0.0481. The third-order valence-electron chi connectivity index (χ3n) is 2.34. The van der Waals surface area contributed by atoms with Gasteiger partial charge in [-0.15, -0.1) is 23.1 Å². The van der Waals surface area contributed by atoms with Crippen LogP contribution in [0.1, 0.15) is 15.6 Å². The van der Waals surface area contributed by atoms with Crippen LogP contribution in [0.3, 0.4) is 0 Å². The predicted molar refractivity (Wildman–Crippen MR) is 79.1 cm³/mol. The lowest BCUT2D eigenvalue weighted by atomic mass is 10.4. The van der Waals surface area contributed by atoms with E-state index in [1.54, 1.807) is 35.5 Å². The summed E-state index contributed by atoms with van der Waals surface area (Å²) < 4.78 is 0. The van der Waals surface area contributed by atoms with Crippen LogP contribution in [0.15, 0.2) is 30.6 Å². The summed E-state index contributed by atoms with van der Waals surface area (Å²) in [4.78, 5) is 21.1. The number of aryl methyl sites for hydroxylation is 1. The Morgan fingerprint density at radius 3 is 3.00 bits per heavy atom. The molecule has 4 nitrogen and oxygen atoms in total. The second-order valence-electron chi connectivity index (χ2n) is 3.94. The molecule has 0 bridgehead atoms. The van der Waals surface area contributed by atoms with E-state index in [4.69, 9.17) is 0 Å². The molecule has 0 aliphatic rings. The van der Waals surface area contributed by atoms with Gasteiger partial charge in [0.25, 0.3) is 0 Å². The Morgan fingerprint density at radius 2 is 2.32 bits per heavy atom. The molecule has 0 saturated heterocycles. The fraction of sp³-hybridized carbons (Fsp3) is 0.308. The number of pyridine rings is 1. The molecule has 0 fully saturated rings. The van der Waals surface area contributed by atoms with Gasteiger partial charge in [-0.2, -0.15) is 0 Å². The molecule has 1 amide bonds. The molecule has 0 atom stereocenters. The van der Waals surface area contributed by atoms with Gasteiger partial charge in [-0.3, -0.25) is 9.78 Å². The van der Waals surface area contributed by atoms with Crippen molar-refractivity contribution in [3.8, 4) is 0 Å². The number of nitrogens with one attached hydrogen (secondary N) is 1. The minimum Gasteiger partial charge on any atom is -0.350 e. The monoisotopic (exact) mass is 293 g/mol. The first-order valence-electron chi connectivity index (χ1n) is 5.89. The predicted octanol–water partition coefficient (Wildman–Crippen LogP) is 2.40. The van der Waals surface area contributed by atoms with Gasteiger partial charge in [-0.05, 0) is 19.1 Å². The molecule has 19 heavy (non-hydrogen) atoms. The first-order chi connectivity index (χ1) is 9.24. The van der Waals surface area contributed by atoms with Crippen LogP contribution >= 0.6 is 23.1 Å². The highest BCUT2D eigenvalue weighted by atomic mass is 32.2. The molecule has 2 rings (SSSR count). The van der Waals surface area contributed by atoms with E-state index in [0.717, 1.165) is 21.3 Å². The number of hydrogen-bond donors (Lipinski definition) is 1. The van der Waals surface area contributed by atoms with Gasteiger partial charge in [-0.1, -0.05) is 6.07 Å². The molecule has 0 saturated carbocycles. The molecular weight excluding hydrogens is 278 g/mol. The standard InChI is InChI=1S/C13H15N3OS2/c1-10-15-6-12(19-10)7-16-13(17)9-18-8-11-4-2-3-5-14-11/h2-6H,7-9H2,1H3,(H,16,17). The average Bonchev–Trinajstić information content (AvgIpc) is 2.83. The molecule has 1 N–H and O–H groups in total. The molecule has 0 aliphatic carbocycles. The number of amides is 1. The molecule has 2 aromatic heterocycles. The first-order valence-corrected chi connectivity index (χ1v) is 7.87. The van der Waals surface area contributed by atoms with E-state index in [1.807, 2.05) is 25.1 Å². The number of thioether (sulfide) groups is 1. The van der Waals surface area contributed by atoms with Crippen molar-refractivity contribution in [1.82, 2.24) is 15.3 Å². The molecule has 0 aromatic carbocycles. The van der Waals surface area contributed by atoms with Crippen molar-refractivity contribution in [3.63, 3.8) is 0 Å². The lowest BCUT2D eigenvalue weighted by molar-refractivity contribution is -0.118. The summed E-state index contributed by atoms with van der Waals surface area (Å²) in [5.41, 5.74) is 0.999. The molecule has 6 heteroatoms. The highest BCUT2D eigenvalue weighted by molar-refractivity contribution is 7.99.